The van der Waals surface area contributed by atoms with Crippen molar-refractivity contribution in [2.75, 3.05) is 0 Å². The van der Waals surface area contributed by atoms with Gasteiger partial charge < -0.3 is 4.42 Å². The number of thiazole rings is 1. The summed E-state index contributed by atoms with van der Waals surface area (Å²) in [5, 5.41) is 8.74. The summed E-state index contributed by atoms with van der Waals surface area (Å²) in [6, 6.07) is 0. The first-order chi connectivity index (χ1) is 6.16. The highest BCUT2D eigenvalue weighted by Gasteiger charge is 2.12. The third kappa shape index (κ3) is 1.47. The van der Waals surface area contributed by atoms with Crippen molar-refractivity contribution in [2.45, 2.75) is 20.8 Å². The predicted molar refractivity (Wildman–Crippen MR) is 49.6 cm³/mol. The number of aryl methyl sites for hydroxylation is 3. The molecule has 2 rings (SSSR count). The van der Waals surface area contributed by atoms with E-state index in [4.69, 9.17) is 4.42 Å². The molecule has 0 bridgehead atoms. The summed E-state index contributed by atoms with van der Waals surface area (Å²) in [4.78, 5) is 5.26. The van der Waals surface area contributed by atoms with Gasteiger partial charge in [-0.1, -0.05) is 0 Å². The second-order valence-electron chi connectivity index (χ2n) is 2.77. The molecule has 68 valence electrons. The van der Waals surface area contributed by atoms with E-state index in [-0.39, 0.29) is 0 Å². The lowest BCUT2D eigenvalue weighted by Crippen LogP contribution is -1.77. The fourth-order valence-corrected chi connectivity index (χ4v) is 1.96. The Morgan fingerprint density at radius 2 is 1.92 bits per heavy atom. The van der Waals surface area contributed by atoms with Crippen LogP contribution >= 0.6 is 11.3 Å². The number of aromatic nitrogens is 3. The summed E-state index contributed by atoms with van der Waals surface area (Å²) in [6.45, 7) is 5.68. The summed E-state index contributed by atoms with van der Waals surface area (Å²) >= 11 is 1.57. The average molecular weight is 195 g/mol. The Morgan fingerprint density at radius 3 is 2.38 bits per heavy atom. The van der Waals surface area contributed by atoms with Gasteiger partial charge in [0.2, 0.25) is 5.89 Å². The van der Waals surface area contributed by atoms with Crippen LogP contribution in [0.15, 0.2) is 4.42 Å². The second-order valence-corrected chi connectivity index (χ2v) is 3.98. The Morgan fingerprint density at radius 1 is 1.15 bits per heavy atom. The number of hydrogen-bond acceptors (Lipinski definition) is 5. The van der Waals surface area contributed by atoms with E-state index in [9.17, 15) is 0 Å². The van der Waals surface area contributed by atoms with Gasteiger partial charge in [0.15, 0.2) is 0 Å². The Bertz CT molecular complexity index is 432. The van der Waals surface area contributed by atoms with Gasteiger partial charge >= 0.3 is 0 Å². The van der Waals surface area contributed by atoms with E-state index in [0.717, 1.165) is 15.6 Å². The maximum atomic E-state index is 5.31. The molecule has 4 nitrogen and oxygen atoms in total. The van der Waals surface area contributed by atoms with Crippen LogP contribution in [0.1, 0.15) is 16.6 Å². The highest BCUT2D eigenvalue weighted by molar-refractivity contribution is 7.15. The van der Waals surface area contributed by atoms with Crippen molar-refractivity contribution < 1.29 is 4.42 Å². The SMILES string of the molecule is Cc1nnc(-c2sc(C)nc2C)o1. The van der Waals surface area contributed by atoms with Crippen LogP contribution in [0.3, 0.4) is 0 Å². The summed E-state index contributed by atoms with van der Waals surface area (Å²) < 4.78 is 5.31. The fraction of sp³-hybridized carbons (Fsp3) is 0.375. The van der Waals surface area contributed by atoms with E-state index >= 15 is 0 Å². The predicted octanol–water partition coefficient (Wildman–Crippen LogP) is 2.12. The lowest BCUT2D eigenvalue weighted by molar-refractivity contribution is 0.533. The number of rotatable bonds is 1. The molecule has 2 aromatic rings. The van der Waals surface area contributed by atoms with Gasteiger partial charge in [-0.15, -0.1) is 21.5 Å². The molecule has 2 aromatic heterocycles. The molecule has 0 saturated carbocycles. The minimum absolute atomic E-state index is 0.570. The summed E-state index contributed by atoms with van der Waals surface area (Å²) in [7, 11) is 0. The molecule has 0 aromatic carbocycles. The molecular weight excluding hydrogens is 186 g/mol. The van der Waals surface area contributed by atoms with Gasteiger partial charge in [-0.05, 0) is 13.8 Å². The molecule has 0 aliphatic carbocycles. The quantitative estimate of drug-likeness (QED) is 0.699. The molecule has 0 N–H and O–H groups in total. The standard InChI is InChI=1S/C8H9N3OS/c1-4-7(13-6(3)9-4)8-11-10-5(2)12-8/h1-3H3. The van der Waals surface area contributed by atoms with Crippen LogP contribution in [-0.4, -0.2) is 15.2 Å². The Kier molecular flexibility index (Phi) is 1.88. The van der Waals surface area contributed by atoms with Crippen LogP contribution in [0.2, 0.25) is 0 Å². The largest absolute Gasteiger partial charge is 0.420 e. The molecule has 0 saturated heterocycles. The topological polar surface area (TPSA) is 51.8 Å². The van der Waals surface area contributed by atoms with Crippen molar-refractivity contribution in [3.8, 4) is 10.8 Å². The summed E-state index contributed by atoms with van der Waals surface area (Å²) in [5.41, 5.74) is 0.950. The van der Waals surface area contributed by atoms with E-state index in [1.54, 1.807) is 18.3 Å². The van der Waals surface area contributed by atoms with Gasteiger partial charge in [-0.3, -0.25) is 0 Å². The monoisotopic (exact) mass is 195 g/mol. The van der Waals surface area contributed by atoms with Gasteiger partial charge in [0.1, 0.15) is 4.88 Å². The van der Waals surface area contributed by atoms with Gasteiger partial charge in [-0.2, -0.15) is 0 Å². The van der Waals surface area contributed by atoms with Crippen molar-refractivity contribution in [3.63, 3.8) is 0 Å². The summed E-state index contributed by atoms with van der Waals surface area (Å²) in [5.74, 6) is 1.15. The molecule has 0 amide bonds. The van der Waals surface area contributed by atoms with Crippen LogP contribution in [0, 0.1) is 20.8 Å². The van der Waals surface area contributed by atoms with Gasteiger partial charge in [0.05, 0.1) is 10.7 Å². The van der Waals surface area contributed by atoms with Crippen molar-refractivity contribution in [1.82, 2.24) is 15.2 Å². The highest BCUT2D eigenvalue weighted by atomic mass is 32.1. The molecule has 0 atom stereocenters. The fourth-order valence-electron chi connectivity index (χ4n) is 1.12. The average Bonchev–Trinajstić information content (AvgIpc) is 2.58. The number of hydrogen-bond donors (Lipinski definition) is 0. The molecule has 0 fully saturated rings. The zero-order valence-electron chi connectivity index (χ0n) is 7.66. The maximum absolute atomic E-state index is 5.31. The van der Waals surface area contributed by atoms with Crippen molar-refractivity contribution >= 4 is 11.3 Å². The number of nitrogens with zero attached hydrogens (tertiary/aromatic N) is 3. The van der Waals surface area contributed by atoms with Gasteiger partial charge in [-0.25, -0.2) is 4.98 Å². The maximum Gasteiger partial charge on any atom is 0.259 e. The van der Waals surface area contributed by atoms with Gasteiger partial charge in [0.25, 0.3) is 5.89 Å². The lowest BCUT2D eigenvalue weighted by atomic mass is 10.4. The van der Waals surface area contributed by atoms with E-state index in [0.29, 0.717) is 11.8 Å². The van der Waals surface area contributed by atoms with Crippen LogP contribution in [0.4, 0.5) is 0 Å². The molecule has 0 radical (unpaired) electrons. The van der Waals surface area contributed by atoms with E-state index in [2.05, 4.69) is 15.2 Å². The van der Waals surface area contributed by atoms with Crippen LogP contribution in [0.5, 0.6) is 0 Å². The Balaban J connectivity index is 2.51. The smallest absolute Gasteiger partial charge is 0.259 e. The van der Waals surface area contributed by atoms with Crippen LogP contribution in [0.25, 0.3) is 10.8 Å². The van der Waals surface area contributed by atoms with Crippen molar-refractivity contribution in [3.05, 3.63) is 16.6 Å². The third-order valence-corrected chi connectivity index (χ3v) is 2.68. The first-order valence-corrected chi connectivity index (χ1v) is 4.73. The molecule has 0 spiro atoms. The van der Waals surface area contributed by atoms with E-state index in [1.807, 2.05) is 13.8 Å². The first kappa shape index (κ1) is 8.37. The highest BCUT2D eigenvalue weighted by Crippen LogP contribution is 2.28. The third-order valence-electron chi connectivity index (χ3n) is 1.62. The Labute approximate surface area is 79.6 Å². The zero-order valence-corrected chi connectivity index (χ0v) is 8.47. The Hall–Kier alpha value is -1.23. The first-order valence-electron chi connectivity index (χ1n) is 3.91. The van der Waals surface area contributed by atoms with E-state index < -0.39 is 0 Å². The molecular formula is C8H9N3OS. The minimum Gasteiger partial charge on any atom is -0.420 e. The van der Waals surface area contributed by atoms with Gasteiger partial charge in [0, 0.05) is 6.92 Å². The molecule has 2 heterocycles. The van der Waals surface area contributed by atoms with Crippen molar-refractivity contribution in [1.29, 1.82) is 0 Å². The van der Waals surface area contributed by atoms with E-state index in [1.165, 1.54) is 0 Å². The van der Waals surface area contributed by atoms with Crippen molar-refractivity contribution in [2.24, 2.45) is 0 Å². The molecule has 0 aliphatic rings. The minimum atomic E-state index is 0.570. The molecule has 0 aliphatic heterocycles. The molecule has 0 unspecified atom stereocenters. The normalized spacial score (nSPS) is 10.7. The molecule has 5 heteroatoms. The zero-order chi connectivity index (χ0) is 9.42. The lowest BCUT2D eigenvalue weighted by Gasteiger charge is -1.87. The second kappa shape index (κ2) is 2.92. The van der Waals surface area contributed by atoms with Crippen LogP contribution < -0.4 is 0 Å². The van der Waals surface area contributed by atoms with Crippen LogP contribution in [-0.2, 0) is 0 Å². The summed E-state index contributed by atoms with van der Waals surface area (Å²) in [6.07, 6.45) is 0. The molecule has 13 heavy (non-hydrogen) atoms.